The number of hydrogen-bond donors (Lipinski definition) is 2. The van der Waals surface area contributed by atoms with Crippen LogP contribution in [-0.4, -0.2) is 44.1 Å². The number of hydrogen-bond acceptors (Lipinski definition) is 7. The van der Waals surface area contributed by atoms with Crippen molar-refractivity contribution in [2.24, 2.45) is 0 Å². The van der Waals surface area contributed by atoms with Crippen molar-refractivity contribution in [2.45, 2.75) is 32.6 Å². The zero-order valence-electron chi connectivity index (χ0n) is 16.4. The first-order valence-corrected chi connectivity index (χ1v) is 10.5. The molecule has 0 unspecified atom stereocenters. The van der Waals surface area contributed by atoms with Gasteiger partial charge in [0.25, 0.3) is 0 Å². The standard InChI is InChI=1S/C21H23N5O2S/c1-13(2)20-24-17(28-25-20)9-6-10-26-11-16(27)18(19(26)22)21-23-15(12-29-21)14-7-4-3-5-8-14/h3-5,7-8,12-13,22,27H,6,9-11H2,1-2H3. The monoisotopic (exact) mass is 409 g/mol. The quantitative estimate of drug-likeness (QED) is 0.596. The number of aliphatic hydroxyl groups excluding tert-OH is 1. The largest absolute Gasteiger partial charge is 0.510 e. The van der Waals surface area contributed by atoms with E-state index >= 15 is 0 Å². The predicted molar refractivity (Wildman–Crippen MR) is 113 cm³/mol. The first-order chi connectivity index (χ1) is 14.0. The molecule has 0 bridgehead atoms. The maximum atomic E-state index is 10.5. The van der Waals surface area contributed by atoms with Crippen molar-refractivity contribution in [3.8, 4) is 11.3 Å². The number of rotatable bonds is 7. The van der Waals surface area contributed by atoms with Crippen LogP contribution in [0.25, 0.3) is 16.8 Å². The predicted octanol–water partition coefficient (Wildman–Crippen LogP) is 4.51. The maximum absolute atomic E-state index is 10.5. The highest BCUT2D eigenvalue weighted by atomic mass is 32.1. The summed E-state index contributed by atoms with van der Waals surface area (Å²) in [5.74, 6) is 2.08. The van der Waals surface area contributed by atoms with E-state index in [-0.39, 0.29) is 11.7 Å². The molecule has 1 aromatic carbocycles. The molecule has 1 aliphatic heterocycles. The van der Waals surface area contributed by atoms with Crippen LogP contribution in [0.2, 0.25) is 0 Å². The number of aliphatic hydroxyl groups is 1. The Labute approximate surface area is 173 Å². The molecule has 3 heterocycles. The van der Waals surface area contributed by atoms with Gasteiger partial charge < -0.3 is 14.5 Å². The number of thiazole rings is 1. The third-order valence-electron chi connectivity index (χ3n) is 4.79. The molecule has 0 atom stereocenters. The van der Waals surface area contributed by atoms with Crippen LogP contribution in [0.3, 0.4) is 0 Å². The van der Waals surface area contributed by atoms with E-state index in [4.69, 9.17) is 9.93 Å². The van der Waals surface area contributed by atoms with Crippen molar-refractivity contribution < 1.29 is 9.63 Å². The molecule has 2 aromatic heterocycles. The Hall–Kier alpha value is -3.00. The fourth-order valence-corrected chi connectivity index (χ4v) is 4.10. The van der Waals surface area contributed by atoms with Crippen LogP contribution in [0.15, 0.2) is 46.0 Å². The smallest absolute Gasteiger partial charge is 0.226 e. The molecule has 0 spiro atoms. The van der Waals surface area contributed by atoms with E-state index < -0.39 is 0 Å². The second-order valence-corrected chi connectivity index (χ2v) is 8.16. The van der Waals surface area contributed by atoms with E-state index in [1.807, 2.05) is 54.5 Å². The highest BCUT2D eigenvalue weighted by Gasteiger charge is 2.30. The van der Waals surface area contributed by atoms with Gasteiger partial charge in [0.15, 0.2) is 5.82 Å². The van der Waals surface area contributed by atoms with E-state index in [0.29, 0.717) is 47.6 Å². The lowest BCUT2D eigenvalue weighted by Crippen LogP contribution is -2.28. The first kappa shape index (κ1) is 19.3. The van der Waals surface area contributed by atoms with E-state index in [1.54, 1.807) is 0 Å². The van der Waals surface area contributed by atoms with Crippen LogP contribution >= 0.6 is 11.3 Å². The third-order valence-corrected chi connectivity index (χ3v) is 5.65. The van der Waals surface area contributed by atoms with Gasteiger partial charge in [0.2, 0.25) is 5.89 Å². The fourth-order valence-electron chi connectivity index (χ4n) is 3.20. The van der Waals surface area contributed by atoms with Crippen LogP contribution in [0.1, 0.15) is 42.9 Å². The Morgan fingerprint density at radius 2 is 2.03 bits per heavy atom. The molecule has 0 radical (unpaired) electrons. The molecule has 0 saturated carbocycles. The average molecular weight is 410 g/mol. The number of benzene rings is 1. The van der Waals surface area contributed by atoms with E-state index in [1.165, 1.54) is 11.3 Å². The lowest BCUT2D eigenvalue weighted by Gasteiger charge is -2.17. The molecule has 0 aliphatic carbocycles. The molecule has 4 rings (SSSR count). The Kier molecular flexibility index (Phi) is 5.44. The van der Waals surface area contributed by atoms with Crippen LogP contribution in [0.4, 0.5) is 0 Å². The number of aryl methyl sites for hydroxylation is 1. The minimum atomic E-state index is 0.198. The third kappa shape index (κ3) is 4.07. The van der Waals surface area contributed by atoms with Gasteiger partial charge in [0.05, 0.1) is 17.8 Å². The summed E-state index contributed by atoms with van der Waals surface area (Å²) in [5.41, 5.74) is 2.41. The molecular weight excluding hydrogens is 386 g/mol. The Morgan fingerprint density at radius 1 is 1.24 bits per heavy atom. The van der Waals surface area contributed by atoms with Gasteiger partial charge in [-0.05, 0) is 6.42 Å². The van der Waals surface area contributed by atoms with Gasteiger partial charge in [-0.25, -0.2) is 4.98 Å². The highest BCUT2D eigenvalue weighted by molar-refractivity contribution is 7.11. The van der Waals surface area contributed by atoms with Gasteiger partial charge >= 0.3 is 0 Å². The molecule has 0 fully saturated rings. The van der Waals surface area contributed by atoms with Gasteiger partial charge in [-0.1, -0.05) is 49.3 Å². The molecule has 29 heavy (non-hydrogen) atoms. The molecule has 3 aromatic rings. The Morgan fingerprint density at radius 3 is 2.76 bits per heavy atom. The van der Waals surface area contributed by atoms with Crippen molar-refractivity contribution in [3.63, 3.8) is 0 Å². The fraction of sp³-hybridized carbons (Fsp3) is 0.333. The summed E-state index contributed by atoms with van der Waals surface area (Å²) in [7, 11) is 0. The van der Waals surface area contributed by atoms with Gasteiger partial charge in [-0.2, -0.15) is 4.98 Å². The van der Waals surface area contributed by atoms with Crippen molar-refractivity contribution in [2.75, 3.05) is 13.1 Å². The van der Waals surface area contributed by atoms with Crippen molar-refractivity contribution in [1.82, 2.24) is 20.0 Å². The highest BCUT2D eigenvalue weighted by Crippen LogP contribution is 2.32. The minimum absolute atomic E-state index is 0.198. The van der Waals surface area contributed by atoms with Crippen LogP contribution < -0.4 is 0 Å². The number of amidine groups is 1. The maximum Gasteiger partial charge on any atom is 0.226 e. The zero-order chi connectivity index (χ0) is 20.4. The van der Waals surface area contributed by atoms with Gasteiger partial charge in [0, 0.05) is 29.8 Å². The first-order valence-electron chi connectivity index (χ1n) is 9.62. The SMILES string of the molecule is CC(C)c1noc(CCCN2CC(O)=C(c3nc(-c4ccccc4)cs3)C2=N)n1. The molecule has 0 saturated heterocycles. The molecule has 0 amide bonds. The summed E-state index contributed by atoms with van der Waals surface area (Å²) >= 11 is 1.45. The zero-order valence-corrected chi connectivity index (χ0v) is 17.2. The summed E-state index contributed by atoms with van der Waals surface area (Å²) < 4.78 is 5.27. The average Bonchev–Trinajstić information content (AvgIpc) is 3.43. The number of aromatic nitrogens is 3. The summed E-state index contributed by atoms with van der Waals surface area (Å²) in [6.07, 6.45) is 1.41. The molecular formula is C21H23N5O2S. The molecule has 7 nitrogen and oxygen atoms in total. The summed E-state index contributed by atoms with van der Waals surface area (Å²) in [6.45, 7) is 5.01. The molecule has 1 aliphatic rings. The lowest BCUT2D eigenvalue weighted by molar-refractivity contribution is 0.336. The normalized spacial score (nSPS) is 14.4. The van der Waals surface area contributed by atoms with E-state index in [2.05, 4.69) is 15.1 Å². The van der Waals surface area contributed by atoms with Crippen molar-refractivity contribution in [1.29, 1.82) is 5.41 Å². The van der Waals surface area contributed by atoms with Gasteiger partial charge in [-0.15, -0.1) is 11.3 Å². The minimum Gasteiger partial charge on any atom is -0.510 e. The summed E-state index contributed by atoms with van der Waals surface area (Å²) in [4.78, 5) is 10.9. The second-order valence-electron chi connectivity index (χ2n) is 7.30. The topological polar surface area (TPSA) is 99.1 Å². The van der Waals surface area contributed by atoms with Crippen LogP contribution in [0.5, 0.6) is 0 Å². The Bertz CT molecular complexity index is 1040. The molecule has 150 valence electrons. The van der Waals surface area contributed by atoms with Gasteiger partial charge in [-0.3, -0.25) is 5.41 Å². The van der Waals surface area contributed by atoms with Gasteiger partial charge in [0.1, 0.15) is 16.6 Å². The summed E-state index contributed by atoms with van der Waals surface area (Å²) in [5, 5.41) is 25.6. The molecule has 8 heteroatoms. The van der Waals surface area contributed by atoms with Crippen molar-refractivity contribution >= 4 is 22.7 Å². The Balaban J connectivity index is 1.39. The number of nitrogens with one attached hydrogen (secondary N) is 1. The van der Waals surface area contributed by atoms with Crippen LogP contribution in [0, 0.1) is 5.41 Å². The van der Waals surface area contributed by atoms with E-state index in [0.717, 1.165) is 17.7 Å². The van der Waals surface area contributed by atoms with E-state index in [9.17, 15) is 5.11 Å². The van der Waals surface area contributed by atoms with Crippen LogP contribution in [-0.2, 0) is 6.42 Å². The lowest BCUT2D eigenvalue weighted by atomic mass is 10.2. The molecule has 2 N–H and O–H groups in total. The van der Waals surface area contributed by atoms with Crippen molar-refractivity contribution in [3.05, 3.63) is 58.2 Å². The summed E-state index contributed by atoms with van der Waals surface area (Å²) in [6, 6.07) is 9.91. The second kappa shape index (κ2) is 8.16. The number of nitrogens with zero attached hydrogens (tertiary/aromatic N) is 4.